The summed E-state index contributed by atoms with van der Waals surface area (Å²) in [6.45, 7) is 4.01. The van der Waals surface area contributed by atoms with Crippen molar-refractivity contribution >= 4 is 11.3 Å². The summed E-state index contributed by atoms with van der Waals surface area (Å²) in [6.07, 6.45) is 3.54. The fraction of sp³-hybridized carbons (Fsp3) is 0.417. The van der Waals surface area contributed by atoms with E-state index in [0.29, 0.717) is 0 Å². The van der Waals surface area contributed by atoms with E-state index in [1.54, 1.807) is 11.3 Å². The van der Waals surface area contributed by atoms with Gasteiger partial charge in [0.1, 0.15) is 0 Å². The number of hydrogen-bond donors (Lipinski definition) is 1. The maximum absolute atomic E-state index is 6.24. The molecule has 0 saturated heterocycles. The standard InChI is InChI=1S/C12H16N4S/c1-3-12-10(4-8(2)15-16-12)11(13)5-9-6-14-7-17-9/h4,6-7,11H,3,5,13H2,1-2H3. The molecule has 0 amide bonds. The van der Waals surface area contributed by atoms with Crippen LogP contribution < -0.4 is 5.73 Å². The molecular weight excluding hydrogens is 232 g/mol. The van der Waals surface area contributed by atoms with Crippen molar-refractivity contribution in [1.82, 2.24) is 15.2 Å². The molecule has 0 fully saturated rings. The van der Waals surface area contributed by atoms with Gasteiger partial charge in [-0.1, -0.05) is 6.92 Å². The van der Waals surface area contributed by atoms with Crippen molar-refractivity contribution in [2.24, 2.45) is 5.73 Å². The molecule has 2 rings (SSSR count). The Labute approximate surface area is 105 Å². The quantitative estimate of drug-likeness (QED) is 0.899. The Balaban J connectivity index is 2.23. The third-order valence-electron chi connectivity index (χ3n) is 2.66. The zero-order valence-corrected chi connectivity index (χ0v) is 10.9. The molecule has 1 atom stereocenters. The van der Waals surface area contributed by atoms with E-state index >= 15 is 0 Å². The van der Waals surface area contributed by atoms with Crippen molar-refractivity contribution in [3.63, 3.8) is 0 Å². The van der Waals surface area contributed by atoms with Crippen LogP contribution in [0.2, 0.25) is 0 Å². The lowest BCUT2D eigenvalue weighted by atomic mass is 10.0. The van der Waals surface area contributed by atoms with Gasteiger partial charge >= 0.3 is 0 Å². The smallest absolute Gasteiger partial charge is 0.0794 e. The van der Waals surface area contributed by atoms with Crippen molar-refractivity contribution in [3.05, 3.63) is 39.6 Å². The lowest BCUT2D eigenvalue weighted by Crippen LogP contribution is -2.16. The van der Waals surface area contributed by atoms with Crippen LogP contribution in [0.4, 0.5) is 0 Å². The largest absolute Gasteiger partial charge is 0.324 e. The molecule has 2 aromatic heterocycles. The molecule has 17 heavy (non-hydrogen) atoms. The summed E-state index contributed by atoms with van der Waals surface area (Å²) in [4.78, 5) is 5.27. The first kappa shape index (κ1) is 12.1. The lowest BCUT2D eigenvalue weighted by molar-refractivity contribution is 0.697. The highest BCUT2D eigenvalue weighted by Crippen LogP contribution is 2.21. The number of aryl methyl sites for hydroxylation is 2. The van der Waals surface area contributed by atoms with Gasteiger partial charge in [-0.3, -0.25) is 4.98 Å². The normalized spacial score (nSPS) is 12.6. The molecule has 0 aliphatic rings. The first-order chi connectivity index (χ1) is 8.20. The summed E-state index contributed by atoms with van der Waals surface area (Å²) < 4.78 is 0. The average Bonchev–Trinajstić information content (AvgIpc) is 2.81. The second kappa shape index (κ2) is 5.33. The van der Waals surface area contributed by atoms with E-state index in [2.05, 4.69) is 22.1 Å². The SMILES string of the molecule is CCc1nnc(C)cc1C(N)Cc1cncs1. The minimum absolute atomic E-state index is 0.0281. The number of hydrogen-bond acceptors (Lipinski definition) is 5. The zero-order valence-electron chi connectivity index (χ0n) is 10.1. The van der Waals surface area contributed by atoms with Crippen molar-refractivity contribution in [2.45, 2.75) is 32.7 Å². The number of aromatic nitrogens is 3. The summed E-state index contributed by atoms with van der Waals surface area (Å²) in [7, 11) is 0. The highest BCUT2D eigenvalue weighted by atomic mass is 32.1. The second-order valence-corrected chi connectivity index (χ2v) is 4.99. The van der Waals surface area contributed by atoms with Gasteiger partial charge in [0.15, 0.2) is 0 Å². The van der Waals surface area contributed by atoms with E-state index < -0.39 is 0 Å². The van der Waals surface area contributed by atoms with Gasteiger partial charge in [-0.2, -0.15) is 10.2 Å². The Morgan fingerprint density at radius 2 is 2.24 bits per heavy atom. The Kier molecular flexibility index (Phi) is 3.81. The van der Waals surface area contributed by atoms with Crippen LogP contribution in [0.15, 0.2) is 17.8 Å². The minimum Gasteiger partial charge on any atom is -0.324 e. The van der Waals surface area contributed by atoms with Crippen LogP contribution in [-0.4, -0.2) is 15.2 Å². The van der Waals surface area contributed by atoms with Crippen LogP contribution in [0.25, 0.3) is 0 Å². The molecule has 0 radical (unpaired) electrons. The molecule has 2 aromatic rings. The molecule has 1 unspecified atom stereocenters. The molecule has 2 heterocycles. The van der Waals surface area contributed by atoms with Crippen LogP contribution in [0, 0.1) is 6.92 Å². The molecule has 0 aromatic carbocycles. The van der Waals surface area contributed by atoms with E-state index in [0.717, 1.165) is 29.8 Å². The van der Waals surface area contributed by atoms with Gasteiger partial charge < -0.3 is 5.73 Å². The maximum Gasteiger partial charge on any atom is 0.0794 e. The zero-order chi connectivity index (χ0) is 12.3. The van der Waals surface area contributed by atoms with E-state index in [1.165, 1.54) is 4.88 Å². The van der Waals surface area contributed by atoms with E-state index in [9.17, 15) is 0 Å². The van der Waals surface area contributed by atoms with Gasteiger partial charge in [0.05, 0.1) is 16.9 Å². The highest BCUT2D eigenvalue weighted by molar-refractivity contribution is 7.09. The van der Waals surface area contributed by atoms with Gasteiger partial charge in [0.2, 0.25) is 0 Å². The lowest BCUT2D eigenvalue weighted by Gasteiger charge is -2.14. The second-order valence-electron chi connectivity index (χ2n) is 4.02. The molecule has 0 saturated carbocycles. The molecule has 5 heteroatoms. The average molecular weight is 248 g/mol. The van der Waals surface area contributed by atoms with Crippen LogP contribution in [0.1, 0.15) is 34.8 Å². The summed E-state index contributed by atoms with van der Waals surface area (Å²) in [5, 5.41) is 8.28. The molecule has 0 spiro atoms. The van der Waals surface area contributed by atoms with Crippen molar-refractivity contribution in [1.29, 1.82) is 0 Å². The molecule has 90 valence electrons. The third kappa shape index (κ3) is 2.87. The van der Waals surface area contributed by atoms with Crippen molar-refractivity contribution < 1.29 is 0 Å². The summed E-state index contributed by atoms with van der Waals surface area (Å²) in [5.74, 6) is 0. The topological polar surface area (TPSA) is 64.7 Å². The predicted octanol–water partition coefficient (Wildman–Crippen LogP) is 2.05. The Hall–Kier alpha value is -1.33. The molecule has 0 aliphatic heterocycles. The van der Waals surface area contributed by atoms with Crippen LogP contribution in [0.3, 0.4) is 0 Å². The first-order valence-corrected chi connectivity index (χ1v) is 6.54. The van der Waals surface area contributed by atoms with Gasteiger partial charge in [-0.15, -0.1) is 11.3 Å². The Morgan fingerprint density at radius 3 is 2.88 bits per heavy atom. The Morgan fingerprint density at radius 1 is 1.41 bits per heavy atom. The monoisotopic (exact) mass is 248 g/mol. The van der Waals surface area contributed by atoms with E-state index in [1.807, 2.05) is 24.7 Å². The number of rotatable bonds is 4. The summed E-state index contributed by atoms with van der Waals surface area (Å²) in [6, 6.07) is 2.01. The molecular formula is C12H16N4S. The Bertz CT molecular complexity index is 481. The van der Waals surface area contributed by atoms with Crippen LogP contribution >= 0.6 is 11.3 Å². The third-order valence-corrected chi connectivity index (χ3v) is 3.47. The fourth-order valence-electron chi connectivity index (χ4n) is 1.80. The van der Waals surface area contributed by atoms with Gasteiger partial charge in [-0.05, 0) is 25.0 Å². The summed E-state index contributed by atoms with van der Waals surface area (Å²) >= 11 is 1.64. The number of nitrogens with zero attached hydrogens (tertiary/aromatic N) is 3. The maximum atomic E-state index is 6.24. The molecule has 0 bridgehead atoms. The summed E-state index contributed by atoms with van der Waals surface area (Å²) in [5.41, 5.74) is 11.1. The highest BCUT2D eigenvalue weighted by Gasteiger charge is 2.13. The van der Waals surface area contributed by atoms with Crippen LogP contribution in [0.5, 0.6) is 0 Å². The number of nitrogens with two attached hydrogens (primary N) is 1. The van der Waals surface area contributed by atoms with Crippen molar-refractivity contribution in [2.75, 3.05) is 0 Å². The van der Waals surface area contributed by atoms with Crippen molar-refractivity contribution in [3.8, 4) is 0 Å². The fourth-order valence-corrected chi connectivity index (χ4v) is 2.45. The minimum atomic E-state index is -0.0281. The molecule has 2 N–H and O–H groups in total. The van der Waals surface area contributed by atoms with Gasteiger partial charge in [0, 0.05) is 23.5 Å². The number of thiazole rings is 1. The van der Waals surface area contributed by atoms with E-state index in [-0.39, 0.29) is 6.04 Å². The molecule has 0 aliphatic carbocycles. The molecule has 4 nitrogen and oxygen atoms in total. The van der Waals surface area contributed by atoms with Crippen LogP contribution in [-0.2, 0) is 12.8 Å². The predicted molar refractivity (Wildman–Crippen MR) is 68.9 cm³/mol. The first-order valence-electron chi connectivity index (χ1n) is 5.66. The van der Waals surface area contributed by atoms with Gasteiger partial charge in [0.25, 0.3) is 0 Å². The van der Waals surface area contributed by atoms with E-state index in [4.69, 9.17) is 5.73 Å². The van der Waals surface area contributed by atoms with Gasteiger partial charge in [-0.25, -0.2) is 0 Å².